The highest BCUT2D eigenvalue weighted by Gasteiger charge is 2.05. The predicted octanol–water partition coefficient (Wildman–Crippen LogP) is -1.56. The first kappa shape index (κ1) is 10.2. The number of carbonyl (C=O) groups is 1. The van der Waals surface area contributed by atoms with Gasteiger partial charge in [-0.2, -0.15) is 0 Å². The second-order valence-electron chi connectivity index (χ2n) is 3.23. The molecule has 1 N–H and O–H groups in total. The van der Waals surface area contributed by atoms with Crippen LogP contribution in [0.25, 0.3) is 10.9 Å². The third-order valence-electron chi connectivity index (χ3n) is 2.19. The maximum Gasteiger partial charge on any atom is 0.329 e. The first-order valence-corrected chi connectivity index (χ1v) is 4.51. The lowest BCUT2D eigenvalue weighted by atomic mass is 10.2. The van der Waals surface area contributed by atoms with Crippen LogP contribution in [0, 0.1) is 0 Å². The van der Waals surface area contributed by atoms with Crippen LogP contribution >= 0.6 is 0 Å². The van der Waals surface area contributed by atoms with E-state index in [1.54, 1.807) is 12.1 Å². The van der Waals surface area contributed by atoms with Crippen molar-refractivity contribution in [3.05, 3.63) is 45.1 Å². The van der Waals surface area contributed by atoms with E-state index in [0.29, 0.717) is 0 Å². The van der Waals surface area contributed by atoms with Gasteiger partial charge in [0.2, 0.25) is 0 Å². The van der Waals surface area contributed by atoms with Crippen molar-refractivity contribution in [1.82, 2.24) is 9.55 Å². The molecule has 1 aromatic heterocycles. The number of nitrogens with one attached hydrogen (secondary N) is 1. The molecule has 1 heterocycles. The Kier molecular flexibility index (Phi) is 2.32. The van der Waals surface area contributed by atoms with Gasteiger partial charge in [-0.25, -0.2) is 4.79 Å². The van der Waals surface area contributed by atoms with Gasteiger partial charge in [0.15, 0.2) is 0 Å². The summed E-state index contributed by atoms with van der Waals surface area (Å²) in [6.07, 6.45) is 0. The molecule has 1 aromatic carbocycles. The quantitative estimate of drug-likeness (QED) is 0.660. The Morgan fingerprint density at radius 3 is 2.69 bits per heavy atom. The fourth-order valence-corrected chi connectivity index (χ4v) is 1.53. The number of aromatic nitrogens is 2. The number of aliphatic carboxylic acids is 1. The van der Waals surface area contributed by atoms with Crippen LogP contribution in [0.3, 0.4) is 0 Å². The van der Waals surface area contributed by atoms with Crippen molar-refractivity contribution in [1.29, 1.82) is 0 Å². The SMILES string of the molecule is O=C([O-])Cn1c(=O)[nH]c(=O)c2ccccc21. The van der Waals surface area contributed by atoms with Crippen LogP contribution in [0.5, 0.6) is 0 Å². The molecule has 6 heteroatoms. The Labute approximate surface area is 88.8 Å². The lowest BCUT2D eigenvalue weighted by Crippen LogP contribution is -2.36. The van der Waals surface area contributed by atoms with Gasteiger partial charge in [0.05, 0.1) is 23.4 Å². The van der Waals surface area contributed by atoms with E-state index < -0.39 is 23.8 Å². The van der Waals surface area contributed by atoms with Crippen LogP contribution in [0.15, 0.2) is 33.9 Å². The number of aromatic amines is 1. The molecule has 0 saturated heterocycles. The van der Waals surface area contributed by atoms with Gasteiger partial charge in [-0.15, -0.1) is 0 Å². The number of carboxylic acid groups (broad SMARTS) is 1. The Morgan fingerprint density at radius 1 is 1.31 bits per heavy atom. The minimum atomic E-state index is -1.39. The van der Waals surface area contributed by atoms with Crippen molar-refractivity contribution < 1.29 is 9.90 Å². The Balaban J connectivity index is 2.87. The van der Waals surface area contributed by atoms with Gasteiger partial charge in [0, 0.05) is 0 Å². The molecule has 0 fully saturated rings. The number of nitrogens with zero attached hydrogens (tertiary/aromatic N) is 1. The van der Waals surface area contributed by atoms with Crippen LogP contribution in [-0.2, 0) is 11.3 Å². The molecule has 0 amide bonds. The molecule has 0 saturated carbocycles. The first-order valence-electron chi connectivity index (χ1n) is 4.51. The van der Waals surface area contributed by atoms with Crippen molar-refractivity contribution in [2.75, 3.05) is 0 Å². The van der Waals surface area contributed by atoms with E-state index in [1.165, 1.54) is 12.1 Å². The predicted molar refractivity (Wildman–Crippen MR) is 53.8 cm³/mol. The van der Waals surface area contributed by atoms with E-state index in [9.17, 15) is 19.5 Å². The maximum absolute atomic E-state index is 11.4. The number of carbonyl (C=O) groups excluding carboxylic acids is 1. The first-order chi connectivity index (χ1) is 7.59. The standard InChI is InChI=1S/C10H8N2O4/c13-8(14)5-12-7-4-2-1-3-6(7)9(15)11-10(12)16/h1-4H,5H2,(H,13,14)(H,11,15,16)/p-1. The van der Waals surface area contributed by atoms with E-state index in [4.69, 9.17) is 0 Å². The molecule has 82 valence electrons. The number of hydrogen-bond acceptors (Lipinski definition) is 4. The summed E-state index contributed by atoms with van der Waals surface area (Å²) in [5.74, 6) is -1.39. The smallest absolute Gasteiger partial charge is 0.329 e. The number of carboxylic acids is 1. The molecule has 2 rings (SSSR count). The summed E-state index contributed by atoms with van der Waals surface area (Å²) < 4.78 is 0.950. The van der Waals surface area contributed by atoms with Crippen LogP contribution in [-0.4, -0.2) is 15.5 Å². The monoisotopic (exact) mass is 219 g/mol. The highest BCUT2D eigenvalue weighted by atomic mass is 16.4. The van der Waals surface area contributed by atoms with E-state index in [2.05, 4.69) is 0 Å². The normalized spacial score (nSPS) is 10.5. The average Bonchev–Trinajstić information content (AvgIpc) is 2.24. The summed E-state index contributed by atoms with van der Waals surface area (Å²) >= 11 is 0. The molecule has 2 aromatic rings. The minimum Gasteiger partial charge on any atom is -0.548 e. The fraction of sp³-hybridized carbons (Fsp3) is 0.100. The lowest BCUT2D eigenvalue weighted by molar-refractivity contribution is -0.306. The summed E-state index contributed by atoms with van der Waals surface area (Å²) in [5.41, 5.74) is -1.01. The Hall–Kier alpha value is -2.37. The zero-order chi connectivity index (χ0) is 11.7. The van der Waals surface area contributed by atoms with Crippen molar-refractivity contribution in [2.24, 2.45) is 0 Å². The Bertz CT molecular complexity index is 668. The van der Waals surface area contributed by atoms with Gasteiger partial charge >= 0.3 is 5.69 Å². The summed E-state index contributed by atoms with van der Waals surface area (Å²) in [7, 11) is 0. The second kappa shape index (κ2) is 3.65. The minimum absolute atomic E-state index is 0.267. The van der Waals surface area contributed by atoms with Crippen molar-refractivity contribution in [3.8, 4) is 0 Å². The Morgan fingerprint density at radius 2 is 2.00 bits per heavy atom. The van der Waals surface area contributed by atoms with E-state index in [0.717, 1.165) is 4.57 Å². The van der Waals surface area contributed by atoms with Gasteiger partial charge < -0.3 is 9.90 Å². The molecule has 0 aliphatic rings. The van der Waals surface area contributed by atoms with E-state index >= 15 is 0 Å². The zero-order valence-corrected chi connectivity index (χ0v) is 8.10. The maximum atomic E-state index is 11.4. The molecule has 6 nitrogen and oxygen atoms in total. The molecular weight excluding hydrogens is 212 g/mol. The number of H-pyrrole nitrogens is 1. The largest absolute Gasteiger partial charge is 0.548 e. The van der Waals surface area contributed by atoms with Crippen LogP contribution in [0.2, 0.25) is 0 Å². The van der Waals surface area contributed by atoms with Gasteiger partial charge in [-0.05, 0) is 12.1 Å². The van der Waals surface area contributed by atoms with Crippen LogP contribution < -0.4 is 16.4 Å². The zero-order valence-electron chi connectivity index (χ0n) is 8.10. The lowest BCUT2D eigenvalue weighted by Gasteiger charge is -2.09. The molecule has 0 aliphatic carbocycles. The number of hydrogen-bond donors (Lipinski definition) is 1. The summed E-state index contributed by atoms with van der Waals surface area (Å²) in [4.78, 5) is 35.3. The topological polar surface area (TPSA) is 95.0 Å². The number of para-hydroxylation sites is 1. The van der Waals surface area contributed by atoms with Crippen molar-refractivity contribution in [2.45, 2.75) is 6.54 Å². The van der Waals surface area contributed by atoms with Gasteiger partial charge in [-0.1, -0.05) is 12.1 Å². The summed E-state index contributed by atoms with van der Waals surface area (Å²) in [5, 5.41) is 10.8. The highest BCUT2D eigenvalue weighted by molar-refractivity contribution is 5.79. The second-order valence-corrected chi connectivity index (χ2v) is 3.23. The third kappa shape index (κ3) is 1.60. The van der Waals surface area contributed by atoms with Crippen molar-refractivity contribution in [3.63, 3.8) is 0 Å². The van der Waals surface area contributed by atoms with Crippen molar-refractivity contribution >= 4 is 16.9 Å². The molecule has 0 bridgehead atoms. The number of benzene rings is 1. The summed E-state index contributed by atoms with van der Waals surface area (Å²) in [6, 6.07) is 6.27. The van der Waals surface area contributed by atoms with Gasteiger partial charge in [-0.3, -0.25) is 14.3 Å². The molecule has 0 radical (unpaired) electrons. The molecular formula is C10H7N2O4-. The third-order valence-corrected chi connectivity index (χ3v) is 2.19. The number of fused-ring (bicyclic) bond motifs is 1. The molecule has 0 aliphatic heterocycles. The number of rotatable bonds is 2. The average molecular weight is 219 g/mol. The highest BCUT2D eigenvalue weighted by Crippen LogP contribution is 2.05. The molecule has 0 unspecified atom stereocenters. The van der Waals surface area contributed by atoms with E-state index in [-0.39, 0.29) is 10.9 Å². The van der Waals surface area contributed by atoms with Crippen LogP contribution in [0.1, 0.15) is 0 Å². The van der Waals surface area contributed by atoms with Gasteiger partial charge in [0.25, 0.3) is 5.56 Å². The van der Waals surface area contributed by atoms with E-state index in [1.807, 2.05) is 4.98 Å². The molecule has 0 spiro atoms. The summed E-state index contributed by atoms with van der Waals surface area (Å²) in [6.45, 7) is -0.587. The van der Waals surface area contributed by atoms with Gasteiger partial charge in [0.1, 0.15) is 0 Å². The fourth-order valence-electron chi connectivity index (χ4n) is 1.53. The molecule has 16 heavy (non-hydrogen) atoms. The van der Waals surface area contributed by atoms with Crippen LogP contribution in [0.4, 0.5) is 0 Å². The molecule has 0 atom stereocenters.